The fraction of sp³-hybridized carbons (Fsp3) is 0.857. The Hall–Kier alpha value is -0.0500. The second-order valence-corrected chi connectivity index (χ2v) is 4.23. The summed E-state index contributed by atoms with van der Waals surface area (Å²) in [5.41, 5.74) is -0.347. The highest BCUT2D eigenvalue weighted by Gasteiger charge is 2.70. The third kappa shape index (κ3) is 0.529. The number of aliphatic carboxylic acids is 1. The Bertz CT molecular complexity index is 192. The van der Waals surface area contributed by atoms with Crippen molar-refractivity contribution in [1.29, 1.82) is 0 Å². The highest BCUT2D eigenvalue weighted by molar-refractivity contribution is 9.09. The van der Waals surface area contributed by atoms with Crippen molar-refractivity contribution in [2.24, 2.45) is 11.3 Å². The number of fused-ring (bicyclic) bond motifs is 1. The molecule has 2 fully saturated rings. The van der Waals surface area contributed by atoms with E-state index in [1.807, 2.05) is 0 Å². The number of carboxylic acid groups (broad SMARTS) is 1. The largest absolute Gasteiger partial charge is 0.481 e. The van der Waals surface area contributed by atoms with Gasteiger partial charge in [0.15, 0.2) is 0 Å². The van der Waals surface area contributed by atoms with Crippen LogP contribution >= 0.6 is 15.9 Å². The summed E-state index contributed by atoms with van der Waals surface area (Å²) in [6, 6.07) is 0. The average Bonchev–Trinajstić information content (AvgIpc) is 2.36. The van der Waals surface area contributed by atoms with Crippen molar-refractivity contribution in [3.8, 4) is 0 Å². The van der Waals surface area contributed by atoms with Gasteiger partial charge >= 0.3 is 5.97 Å². The lowest BCUT2D eigenvalue weighted by Crippen LogP contribution is -2.16. The summed E-state index contributed by atoms with van der Waals surface area (Å²) in [7, 11) is 0. The summed E-state index contributed by atoms with van der Waals surface area (Å²) < 4.78 is 0. The molecule has 56 valence electrons. The topological polar surface area (TPSA) is 37.3 Å². The molecule has 2 aliphatic carbocycles. The Labute approximate surface area is 67.7 Å². The van der Waals surface area contributed by atoms with E-state index in [2.05, 4.69) is 15.9 Å². The molecule has 0 radical (unpaired) electrons. The molecular weight excluding hydrogens is 196 g/mol. The van der Waals surface area contributed by atoms with Gasteiger partial charge in [0.05, 0.1) is 5.41 Å². The fourth-order valence-electron chi connectivity index (χ4n) is 2.19. The molecule has 10 heavy (non-hydrogen) atoms. The molecule has 0 aromatic heterocycles. The van der Waals surface area contributed by atoms with E-state index < -0.39 is 5.97 Å². The fourth-order valence-corrected chi connectivity index (χ4v) is 3.54. The molecule has 2 nitrogen and oxygen atoms in total. The minimum atomic E-state index is -0.600. The van der Waals surface area contributed by atoms with Crippen molar-refractivity contribution in [3.05, 3.63) is 0 Å². The monoisotopic (exact) mass is 204 g/mol. The van der Waals surface area contributed by atoms with Crippen LogP contribution in [0.3, 0.4) is 0 Å². The maximum Gasteiger partial charge on any atom is 0.311 e. The molecule has 3 unspecified atom stereocenters. The Morgan fingerprint density at radius 3 is 2.70 bits per heavy atom. The van der Waals surface area contributed by atoms with Crippen LogP contribution in [-0.2, 0) is 4.79 Å². The molecule has 0 aromatic rings. The molecule has 1 N–H and O–H groups in total. The first-order valence-electron chi connectivity index (χ1n) is 3.57. The molecule has 3 heteroatoms. The Balaban J connectivity index is 2.24. The van der Waals surface area contributed by atoms with Gasteiger partial charge in [0.1, 0.15) is 0 Å². The molecule has 2 aliphatic rings. The van der Waals surface area contributed by atoms with Crippen LogP contribution in [0.25, 0.3) is 0 Å². The van der Waals surface area contributed by atoms with E-state index in [0.29, 0.717) is 5.92 Å². The number of hydrogen-bond donors (Lipinski definition) is 1. The van der Waals surface area contributed by atoms with Crippen molar-refractivity contribution in [2.75, 3.05) is 0 Å². The predicted molar refractivity (Wildman–Crippen MR) is 40.1 cm³/mol. The molecule has 0 aliphatic heterocycles. The van der Waals surface area contributed by atoms with Gasteiger partial charge in [0.25, 0.3) is 0 Å². The van der Waals surface area contributed by atoms with Crippen LogP contribution in [0.15, 0.2) is 0 Å². The van der Waals surface area contributed by atoms with E-state index in [1.54, 1.807) is 0 Å². The molecular formula is C7H9BrO2. The van der Waals surface area contributed by atoms with Crippen LogP contribution in [0.5, 0.6) is 0 Å². The molecule has 0 aromatic carbocycles. The second kappa shape index (κ2) is 1.76. The maximum atomic E-state index is 10.7. The molecule has 3 atom stereocenters. The summed E-state index contributed by atoms with van der Waals surface area (Å²) in [5, 5.41) is 8.85. The first-order chi connectivity index (χ1) is 4.69. The van der Waals surface area contributed by atoms with Crippen molar-refractivity contribution >= 4 is 21.9 Å². The van der Waals surface area contributed by atoms with Crippen LogP contribution in [0.2, 0.25) is 0 Å². The molecule has 0 saturated heterocycles. The van der Waals surface area contributed by atoms with Gasteiger partial charge in [0.2, 0.25) is 0 Å². The van der Waals surface area contributed by atoms with E-state index >= 15 is 0 Å². The third-order valence-electron chi connectivity index (χ3n) is 2.90. The van der Waals surface area contributed by atoms with Gasteiger partial charge in [-0.05, 0) is 18.8 Å². The van der Waals surface area contributed by atoms with Crippen LogP contribution in [0.1, 0.15) is 19.3 Å². The van der Waals surface area contributed by atoms with E-state index in [1.165, 1.54) is 0 Å². The van der Waals surface area contributed by atoms with Crippen LogP contribution in [0, 0.1) is 11.3 Å². The minimum Gasteiger partial charge on any atom is -0.481 e. The lowest BCUT2D eigenvalue weighted by molar-refractivity contribution is -0.143. The van der Waals surface area contributed by atoms with Crippen molar-refractivity contribution in [2.45, 2.75) is 24.1 Å². The lowest BCUT2D eigenvalue weighted by atomic mass is 10.1. The van der Waals surface area contributed by atoms with Gasteiger partial charge in [-0.25, -0.2) is 0 Å². The standard InChI is InChI=1S/C7H9BrO2/c8-5-4-2-1-3-7(4,5)6(9)10/h4-5H,1-3H2,(H,9,10). The van der Waals surface area contributed by atoms with Crippen molar-refractivity contribution in [3.63, 3.8) is 0 Å². The SMILES string of the molecule is O=C(O)C12CCCC1C2Br. The zero-order valence-corrected chi connectivity index (χ0v) is 7.10. The second-order valence-electron chi connectivity index (χ2n) is 3.25. The maximum absolute atomic E-state index is 10.7. The van der Waals surface area contributed by atoms with E-state index in [9.17, 15) is 4.79 Å². The number of halogens is 1. The van der Waals surface area contributed by atoms with Gasteiger partial charge in [-0.2, -0.15) is 0 Å². The van der Waals surface area contributed by atoms with Crippen LogP contribution in [0.4, 0.5) is 0 Å². The number of alkyl halides is 1. The summed E-state index contributed by atoms with van der Waals surface area (Å²) in [6.45, 7) is 0. The summed E-state index contributed by atoms with van der Waals surface area (Å²) in [5.74, 6) is -0.165. The third-order valence-corrected chi connectivity index (χ3v) is 4.36. The first kappa shape index (κ1) is 6.65. The summed E-state index contributed by atoms with van der Waals surface area (Å²) in [4.78, 5) is 11.0. The van der Waals surface area contributed by atoms with E-state index in [-0.39, 0.29) is 10.2 Å². The van der Waals surface area contributed by atoms with Gasteiger partial charge in [-0.15, -0.1) is 0 Å². The summed E-state index contributed by atoms with van der Waals surface area (Å²) in [6.07, 6.45) is 3.07. The number of carbonyl (C=O) groups is 1. The minimum absolute atomic E-state index is 0.270. The molecule has 0 heterocycles. The molecule has 0 spiro atoms. The number of rotatable bonds is 1. The van der Waals surface area contributed by atoms with Crippen molar-refractivity contribution < 1.29 is 9.90 Å². The normalized spacial score (nSPS) is 50.5. The predicted octanol–water partition coefficient (Wildman–Crippen LogP) is 1.63. The zero-order valence-electron chi connectivity index (χ0n) is 5.51. The van der Waals surface area contributed by atoms with Gasteiger partial charge in [-0.3, -0.25) is 4.79 Å². The molecule has 0 bridgehead atoms. The number of hydrogen-bond acceptors (Lipinski definition) is 1. The van der Waals surface area contributed by atoms with Crippen LogP contribution in [-0.4, -0.2) is 15.9 Å². The van der Waals surface area contributed by atoms with E-state index in [0.717, 1.165) is 19.3 Å². The Kier molecular flexibility index (Phi) is 1.17. The first-order valence-corrected chi connectivity index (χ1v) is 4.48. The van der Waals surface area contributed by atoms with Gasteiger partial charge in [-0.1, -0.05) is 22.4 Å². The Morgan fingerprint density at radius 1 is 1.70 bits per heavy atom. The van der Waals surface area contributed by atoms with E-state index in [4.69, 9.17) is 5.11 Å². The number of carboxylic acids is 1. The highest BCUT2D eigenvalue weighted by Crippen LogP contribution is 2.67. The smallest absolute Gasteiger partial charge is 0.311 e. The lowest BCUT2D eigenvalue weighted by Gasteiger charge is -2.03. The van der Waals surface area contributed by atoms with Crippen LogP contribution < -0.4 is 0 Å². The quantitative estimate of drug-likeness (QED) is 0.660. The molecule has 2 rings (SSSR count). The van der Waals surface area contributed by atoms with Gasteiger partial charge < -0.3 is 5.11 Å². The van der Waals surface area contributed by atoms with Gasteiger partial charge in [0, 0.05) is 4.83 Å². The summed E-state index contributed by atoms with van der Waals surface area (Å²) >= 11 is 3.40. The molecule has 2 saturated carbocycles. The average molecular weight is 205 g/mol. The zero-order chi connectivity index (χ0) is 7.35. The molecule has 0 amide bonds. The highest BCUT2D eigenvalue weighted by atomic mass is 79.9. The van der Waals surface area contributed by atoms with Crippen molar-refractivity contribution in [1.82, 2.24) is 0 Å². The Morgan fingerprint density at radius 2 is 2.40 bits per heavy atom.